The Bertz CT molecular complexity index is 259. The summed E-state index contributed by atoms with van der Waals surface area (Å²) in [6, 6.07) is 10.9. The molecule has 0 aliphatic heterocycles. The van der Waals surface area contributed by atoms with E-state index in [1.54, 1.807) is 0 Å². The van der Waals surface area contributed by atoms with Gasteiger partial charge in [0.05, 0.1) is 0 Å². The van der Waals surface area contributed by atoms with Gasteiger partial charge in [0.15, 0.2) is 0 Å². The van der Waals surface area contributed by atoms with Crippen LogP contribution >= 0.6 is 9.24 Å². The summed E-state index contributed by atoms with van der Waals surface area (Å²) >= 11 is 0. The van der Waals surface area contributed by atoms with Crippen molar-refractivity contribution in [1.29, 1.82) is 0 Å². The average Bonchev–Trinajstić information content (AvgIpc) is 2.40. The second kappa shape index (κ2) is 11.7. The molecular formula is C17H33P. The normalized spacial score (nSPS) is 11.6. The number of rotatable bonds is 3. The summed E-state index contributed by atoms with van der Waals surface area (Å²) in [7, 11) is 2.42. The van der Waals surface area contributed by atoms with Crippen LogP contribution in [-0.2, 0) is 0 Å². The maximum Gasteiger partial charge on any atom is -0.0160 e. The van der Waals surface area contributed by atoms with E-state index in [9.17, 15) is 0 Å². The first-order valence-electron chi connectivity index (χ1n) is 7.15. The molecule has 0 nitrogen and oxygen atoms in total. The Morgan fingerprint density at radius 3 is 1.78 bits per heavy atom. The first-order valence-corrected chi connectivity index (χ1v) is 8.31. The van der Waals surface area contributed by atoms with Crippen LogP contribution in [-0.4, -0.2) is 6.66 Å². The lowest BCUT2D eigenvalue weighted by Crippen LogP contribution is -2.11. The van der Waals surface area contributed by atoms with E-state index in [-0.39, 0.29) is 0 Å². The fourth-order valence-corrected chi connectivity index (χ4v) is 1.96. The van der Waals surface area contributed by atoms with Crippen molar-refractivity contribution in [3.63, 3.8) is 0 Å². The van der Waals surface area contributed by atoms with E-state index in [1.165, 1.54) is 18.4 Å². The Morgan fingerprint density at radius 2 is 1.44 bits per heavy atom. The van der Waals surface area contributed by atoms with Gasteiger partial charge in [-0.2, -0.15) is 0 Å². The van der Waals surface area contributed by atoms with E-state index in [0.29, 0.717) is 5.41 Å². The van der Waals surface area contributed by atoms with Gasteiger partial charge in [-0.15, -0.1) is 9.24 Å². The summed E-state index contributed by atoms with van der Waals surface area (Å²) < 4.78 is 0. The molecule has 0 aromatic heterocycles. The van der Waals surface area contributed by atoms with Crippen LogP contribution in [0.5, 0.6) is 0 Å². The molecule has 0 aliphatic carbocycles. The summed E-state index contributed by atoms with van der Waals surface area (Å²) in [4.78, 5) is 0. The Labute approximate surface area is 118 Å². The molecule has 0 spiro atoms. The Kier molecular flexibility index (Phi) is 13.0. The molecule has 0 aliphatic rings. The van der Waals surface area contributed by atoms with E-state index in [0.717, 1.165) is 5.92 Å². The van der Waals surface area contributed by atoms with Crippen molar-refractivity contribution in [1.82, 2.24) is 0 Å². The molecule has 2 unspecified atom stereocenters. The standard InChI is InChI=1S/C14H22.C2H6.CH5P/c1-5-12(11-14(2,3)4)13-9-7-6-8-10-13;2*1-2/h6-10,12H,5,11H2,1-4H3;1-2H3;2H2,1H3. The lowest BCUT2D eigenvalue weighted by atomic mass is 9.80. The first-order chi connectivity index (χ1) is 8.53. The van der Waals surface area contributed by atoms with Crippen LogP contribution in [0.1, 0.15) is 65.9 Å². The molecule has 0 fully saturated rings. The third kappa shape index (κ3) is 9.66. The highest BCUT2D eigenvalue weighted by molar-refractivity contribution is 7.15. The highest BCUT2D eigenvalue weighted by Gasteiger charge is 2.18. The van der Waals surface area contributed by atoms with Crippen molar-refractivity contribution >= 4 is 9.24 Å². The van der Waals surface area contributed by atoms with Crippen molar-refractivity contribution in [2.75, 3.05) is 6.66 Å². The molecule has 0 saturated heterocycles. The fraction of sp³-hybridized carbons (Fsp3) is 0.647. The quantitative estimate of drug-likeness (QED) is 0.578. The van der Waals surface area contributed by atoms with Gasteiger partial charge in [0.2, 0.25) is 0 Å². The molecule has 1 heteroatoms. The van der Waals surface area contributed by atoms with Crippen molar-refractivity contribution in [3.8, 4) is 0 Å². The molecule has 1 aromatic rings. The average molecular weight is 268 g/mol. The van der Waals surface area contributed by atoms with Crippen molar-refractivity contribution in [2.45, 2.75) is 60.3 Å². The molecule has 0 heterocycles. The summed E-state index contributed by atoms with van der Waals surface area (Å²) in [6.45, 7) is 15.2. The van der Waals surface area contributed by atoms with Gasteiger partial charge in [-0.05, 0) is 29.7 Å². The SMILES string of the molecule is CC.CCC(CC(C)(C)C)c1ccccc1.CP. The molecule has 18 heavy (non-hydrogen) atoms. The smallest absolute Gasteiger partial charge is 0.0160 e. The van der Waals surface area contributed by atoms with Gasteiger partial charge in [0.1, 0.15) is 0 Å². The fourth-order valence-electron chi connectivity index (χ4n) is 1.96. The molecule has 0 amide bonds. The van der Waals surface area contributed by atoms with Crippen LogP contribution in [0.2, 0.25) is 0 Å². The predicted octanol–water partition coefficient (Wildman–Crippen LogP) is 6.13. The monoisotopic (exact) mass is 268 g/mol. The van der Waals surface area contributed by atoms with Crippen LogP contribution in [0, 0.1) is 5.41 Å². The van der Waals surface area contributed by atoms with E-state index >= 15 is 0 Å². The third-order valence-electron chi connectivity index (χ3n) is 2.62. The Balaban J connectivity index is 0. The van der Waals surface area contributed by atoms with Crippen LogP contribution in [0.15, 0.2) is 30.3 Å². The van der Waals surface area contributed by atoms with Gasteiger partial charge < -0.3 is 0 Å². The van der Waals surface area contributed by atoms with Crippen molar-refractivity contribution in [3.05, 3.63) is 35.9 Å². The van der Waals surface area contributed by atoms with E-state index < -0.39 is 0 Å². The molecule has 1 rings (SSSR count). The minimum atomic E-state index is 0.427. The van der Waals surface area contributed by atoms with Crippen LogP contribution in [0.4, 0.5) is 0 Å². The molecule has 0 bridgehead atoms. The zero-order chi connectivity index (χ0) is 14.6. The third-order valence-corrected chi connectivity index (χ3v) is 2.62. The molecule has 1 aromatic carbocycles. The van der Waals surface area contributed by atoms with Gasteiger partial charge in [-0.1, -0.05) is 78.5 Å². The Morgan fingerprint density at radius 1 is 1.00 bits per heavy atom. The van der Waals surface area contributed by atoms with Crippen molar-refractivity contribution in [2.24, 2.45) is 5.41 Å². The van der Waals surface area contributed by atoms with Gasteiger partial charge in [0, 0.05) is 0 Å². The second-order valence-electron chi connectivity index (χ2n) is 5.28. The maximum absolute atomic E-state index is 2.42. The minimum Gasteiger partial charge on any atom is -0.141 e. The lowest BCUT2D eigenvalue weighted by Gasteiger charge is -2.25. The molecule has 0 saturated carbocycles. The molecule has 2 atom stereocenters. The summed E-state index contributed by atoms with van der Waals surface area (Å²) in [6.07, 6.45) is 2.51. The highest BCUT2D eigenvalue weighted by Crippen LogP contribution is 2.32. The van der Waals surface area contributed by atoms with Gasteiger partial charge in [-0.3, -0.25) is 0 Å². The zero-order valence-electron chi connectivity index (χ0n) is 13.5. The van der Waals surface area contributed by atoms with Gasteiger partial charge in [-0.25, -0.2) is 0 Å². The topological polar surface area (TPSA) is 0 Å². The maximum atomic E-state index is 2.42. The van der Waals surface area contributed by atoms with Crippen LogP contribution in [0.3, 0.4) is 0 Å². The van der Waals surface area contributed by atoms with Crippen LogP contribution in [0.25, 0.3) is 0 Å². The lowest BCUT2D eigenvalue weighted by molar-refractivity contribution is 0.335. The first kappa shape index (κ1) is 20.0. The van der Waals surface area contributed by atoms with Gasteiger partial charge >= 0.3 is 0 Å². The number of benzene rings is 1. The summed E-state index contributed by atoms with van der Waals surface area (Å²) in [5.41, 5.74) is 1.92. The number of hydrogen-bond acceptors (Lipinski definition) is 0. The second-order valence-corrected chi connectivity index (χ2v) is 5.28. The summed E-state index contributed by atoms with van der Waals surface area (Å²) in [5, 5.41) is 0. The zero-order valence-corrected chi connectivity index (χ0v) is 14.6. The largest absolute Gasteiger partial charge is 0.141 e. The van der Waals surface area contributed by atoms with E-state index in [2.05, 4.69) is 67.3 Å². The Hall–Kier alpha value is -0.350. The highest BCUT2D eigenvalue weighted by atomic mass is 31.0. The predicted molar refractivity (Wildman–Crippen MR) is 90.5 cm³/mol. The minimum absolute atomic E-state index is 0.427. The molecular weight excluding hydrogens is 235 g/mol. The van der Waals surface area contributed by atoms with E-state index in [1.807, 2.05) is 20.5 Å². The molecule has 106 valence electrons. The van der Waals surface area contributed by atoms with Crippen molar-refractivity contribution < 1.29 is 0 Å². The molecule has 0 N–H and O–H groups in total. The summed E-state index contributed by atoms with van der Waals surface area (Å²) in [5.74, 6) is 0.719. The molecule has 0 radical (unpaired) electrons. The van der Waals surface area contributed by atoms with Gasteiger partial charge in [0.25, 0.3) is 0 Å². The van der Waals surface area contributed by atoms with Crippen LogP contribution < -0.4 is 0 Å². The van der Waals surface area contributed by atoms with E-state index in [4.69, 9.17) is 0 Å². The number of hydrogen-bond donors (Lipinski definition) is 0.